The third-order valence-corrected chi connectivity index (χ3v) is 12.2. The second kappa shape index (κ2) is 9.90. The maximum atomic E-state index is 3.89. The van der Waals surface area contributed by atoms with Crippen LogP contribution in [-0.2, 0) is 0 Å². The molecule has 0 amide bonds. The molecular weight excluding hydrogens is 611 g/mol. The maximum Gasteiger partial charge on any atom is 0.243 e. The normalized spacial score (nSPS) is 11.4. The first-order valence-corrected chi connectivity index (χ1v) is 14.3. The van der Waals surface area contributed by atoms with Gasteiger partial charge in [-0.05, 0) is 116 Å². The highest BCUT2D eigenvalue weighted by molar-refractivity contribution is 9.11. The summed E-state index contributed by atoms with van der Waals surface area (Å²) in [6, 6.07) is 0. The molecule has 0 fully saturated rings. The van der Waals surface area contributed by atoms with E-state index in [1.54, 1.807) is 0 Å². The molecule has 0 aromatic heterocycles. The molecule has 0 spiro atoms. The summed E-state index contributed by atoms with van der Waals surface area (Å²) in [5.41, 5.74) is 20.7. The van der Waals surface area contributed by atoms with Crippen LogP contribution < -0.4 is 16.4 Å². The molecule has 0 atom stereocenters. The summed E-state index contributed by atoms with van der Waals surface area (Å²) in [5.74, 6) is 0. The van der Waals surface area contributed by atoms with Gasteiger partial charge in [0.1, 0.15) is 0 Å². The molecule has 3 rings (SSSR count). The number of benzene rings is 3. The molecule has 3 aromatic carbocycles. The Bertz CT molecular complexity index is 1100. The maximum absolute atomic E-state index is 3.89. The number of hydrogen-bond donors (Lipinski definition) is 0. The van der Waals surface area contributed by atoms with E-state index in [2.05, 4.69) is 131 Å². The molecule has 180 valence electrons. The lowest BCUT2D eigenvalue weighted by Gasteiger charge is -2.31. The lowest BCUT2D eigenvalue weighted by molar-refractivity contribution is 1.22. The predicted octanol–water partition coefficient (Wildman–Crippen LogP) is 8.19. The van der Waals surface area contributed by atoms with Gasteiger partial charge in [0, 0.05) is 13.4 Å². The van der Waals surface area contributed by atoms with E-state index >= 15 is 0 Å². The Hall–Kier alpha value is -0.835. The van der Waals surface area contributed by atoms with Crippen molar-refractivity contribution in [3.8, 4) is 0 Å². The fourth-order valence-electron chi connectivity index (χ4n) is 5.62. The lowest BCUT2D eigenvalue weighted by Crippen LogP contribution is -2.58. The van der Waals surface area contributed by atoms with Crippen LogP contribution in [0.2, 0.25) is 0 Å². The molecule has 3 aromatic rings. The molecule has 34 heavy (non-hydrogen) atoms. The second-order valence-electron chi connectivity index (χ2n) is 10.1. The van der Waals surface area contributed by atoms with E-state index in [0.29, 0.717) is 0 Å². The van der Waals surface area contributed by atoms with Crippen molar-refractivity contribution in [2.75, 3.05) is 0 Å². The van der Waals surface area contributed by atoms with Crippen LogP contribution in [0.15, 0.2) is 13.4 Å². The molecule has 0 aliphatic heterocycles. The largest absolute Gasteiger partial charge is 0.243 e. The van der Waals surface area contributed by atoms with Gasteiger partial charge < -0.3 is 0 Å². The van der Waals surface area contributed by atoms with Gasteiger partial charge in [-0.2, -0.15) is 0 Å². The van der Waals surface area contributed by atoms with E-state index < -0.39 is 0 Å². The van der Waals surface area contributed by atoms with Gasteiger partial charge in [-0.3, -0.25) is 0 Å². The minimum atomic E-state index is 0.168. The minimum Gasteiger partial charge on any atom is -0.0623 e. The van der Waals surface area contributed by atoms with E-state index in [1.807, 2.05) is 0 Å². The zero-order valence-corrected chi connectivity index (χ0v) is 27.5. The van der Waals surface area contributed by atoms with Crippen molar-refractivity contribution in [2.24, 2.45) is 0 Å². The summed E-state index contributed by atoms with van der Waals surface area (Å²) in [6.45, 7) is 27.5. The van der Waals surface area contributed by atoms with Crippen molar-refractivity contribution in [3.63, 3.8) is 0 Å². The average Bonchev–Trinajstić information content (AvgIpc) is 2.81. The third kappa shape index (κ3) is 4.10. The van der Waals surface area contributed by atoms with Gasteiger partial charge in [-0.15, -0.1) is 0 Å². The molecule has 0 N–H and O–H groups in total. The van der Waals surface area contributed by atoms with Crippen molar-refractivity contribution in [1.29, 1.82) is 0 Å². The molecule has 0 aliphatic rings. The molecule has 0 bridgehead atoms. The number of halogens is 3. The quantitative estimate of drug-likeness (QED) is 0.252. The highest BCUT2D eigenvalue weighted by Gasteiger charge is 2.34. The molecule has 4 heteroatoms. The van der Waals surface area contributed by atoms with Gasteiger partial charge in [0.15, 0.2) is 0 Å². The molecular formula is C30H36BBr3. The first-order chi connectivity index (χ1) is 15.7. The van der Waals surface area contributed by atoms with Crippen molar-refractivity contribution < 1.29 is 0 Å². The standard InChI is InChI=1S/C30H36BBr3/c1-13-19(7)28(32)20(8)14(2)25(13)31(26-15(3)21(9)29(33)22(10)16(26)4)27-17(5)23(11)30(34)24(12)18(27)6/h1-12H3. The van der Waals surface area contributed by atoms with Gasteiger partial charge >= 0.3 is 0 Å². The van der Waals surface area contributed by atoms with Gasteiger partial charge in [0.25, 0.3) is 0 Å². The topological polar surface area (TPSA) is 0 Å². The van der Waals surface area contributed by atoms with Crippen molar-refractivity contribution in [2.45, 2.75) is 83.1 Å². The minimum absolute atomic E-state index is 0.168. The Morgan fingerprint density at radius 1 is 0.294 bits per heavy atom. The summed E-state index contributed by atoms with van der Waals surface area (Å²) in [4.78, 5) is 0. The highest BCUT2D eigenvalue weighted by atomic mass is 79.9. The molecule has 0 saturated heterocycles. The third-order valence-electron chi connectivity index (χ3n) is 8.64. The predicted molar refractivity (Wildman–Crippen MR) is 164 cm³/mol. The summed E-state index contributed by atoms with van der Waals surface area (Å²) in [5, 5.41) is 0. The summed E-state index contributed by atoms with van der Waals surface area (Å²) in [6.07, 6.45) is 0. The highest BCUT2D eigenvalue weighted by Crippen LogP contribution is 2.31. The van der Waals surface area contributed by atoms with Crippen LogP contribution in [0, 0.1) is 83.1 Å². The van der Waals surface area contributed by atoms with Gasteiger partial charge in [-0.25, -0.2) is 0 Å². The van der Waals surface area contributed by atoms with Gasteiger partial charge in [-0.1, -0.05) is 97.6 Å². The van der Waals surface area contributed by atoms with Crippen LogP contribution in [0.5, 0.6) is 0 Å². The molecule has 0 unspecified atom stereocenters. The SMILES string of the molecule is Cc1c(C)c(B(c2c(C)c(C)c(Br)c(C)c2C)c2c(C)c(C)c(Br)c(C)c2C)c(C)c(C)c1Br. The van der Waals surface area contributed by atoms with Crippen molar-refractivity contribution >= 4 is 70.9 Å². The van der Waals surface area contributed by atoms with E-state index in [9.17, 15) is 0 Å². The first-order valence-electron chi connectivity index (χ1n) is 11.9. The van der Waals surface area contributed by atoms with E-state index in [0.717, 1.165) is 0 Å². The Balaban J connectivity index is 2.68. The van der Waals surface area contributed by atoms with Crippen molar-refractivity contribution in [1.82, 2.24) is 0 Å². The fourth-order valence-corrected chi connectivity index (χ4v) is 7.40. The molecule has 0 heterocycles. The molecule has 0 nitrogen and oxygen atoms in total. The average molecular weight is 647 g/mol. The van der Waals surface area contributed by atoms with E-state index in [1.165, 1.54) is 96.6 Å². The summed E-state index contributed by atoms with van der Waals surface area (Å²) >= 11 is 11.7. The summed E-state index contributed by atoms with van der Waals surface area (Å²) in [7, 11) is 0. The fraction of sp³-hybridized carbons (Fsp3) is 0.400. The molecule has 0 radical (unpaired) electrons. The number of hydrogen-bond acceptors (Lipinski definition) is 0. The Labute approximate surface area is 232 Å². The second-order valence-corrected chi connectivity index (χ2v) is 12.5. The Morgan fingerprint density at radius 2 is 0.441 bits per heavy atom. The smallest absolute Gasteiger partial charge is 0.0623 e. The van der Waals surface area contributed by atoms with Crippen LogP contribution in [0.1, 0.15) is 66.8 Å². The number of rotatable bonds is 3. The van der Waals surface area contributed by atoms with Gasteiger partial charge in [0.2, 0.25) is 6.71 Å². The first kappa shape index (κ1) is 27.7. The van der Waals surface area contributed by atoms with Gasteiger partial charge in [0.05, 0.1) is 0 Å². The van der Waals surface area contributed by atoms with Crippen molar-refractivity contribution in [3.05, 3.63) is 80.2 Å². The lowest BCUT2D eigenvalue weighted by atomic mass is 9.32. The Morgan fingerprint density at radius 3 is 0.588 bits per heavy atom. The van der Waals surface area contributed by atoms with Crippen LogP contribution in [-0.4, -0.2) is 6.71 Å². The van der Waals surface area contributed by atoms with E-state index in [-0.39, 0.29) is 6.71 Å². The zero-order valence-electron chi connectivity index (χ0n) is 22.7. The zero-order chi connectivity index (χ0) is 26.0. The summed E-state index contributed by atoms with van der Waals surface area (Å²) < 4.78 is 3.70. The van der Waals surface area contributed by atoms with Crippen LogP contribution in [0.3, 0.4) is 0 Å². The Kier molecular flexibility index (Phi) is 8.08. The molecule has 0 saturated carbocycles. The van der Waals surface area contributed by atoms with E-state index in [4.69, 9.17) is 0 Å². The van der Waals surface area contributed by atoms with Crippen LogP contribution in [0.4, 0.5) is 0 Å². The van der Waals surface area contributed by atoms with Crippen LogP contribution >= 0.6 is 47.8 Å². The molecule has 0 aliphatic carbocycles. The monoisotopic (exact) mass is 644 g/mol. The van der Waals surface area contributed by atoms with Crippen LogP contribution in [0.25, 0.3) is 0 Å².